The van der Waals surface area contributed by atoms with Gasteiger partial charge in [0.2, 0.25) is 0 Å². The number of hydrogen-bond donors (Lipinski definition) is 1. The van der Waals surface area contributed by atoms with E-state index in [9.17, 15) is 4.79 Å². The normalized spacial score (nSPS) is 10.7. The van der Waals surface area contributed by atoms with Gasteiger partial charge >= 0.3 is 0 Å². The Kier molecular flexibility index (Phi) is 5.06. The van der Waals surface area contributed by atoms with Crippen molar-refractivity contribution in [3.63, 3.8) is 0 Å². The molecule has 1 aromatic heterocycles. The first-order chi connectivity index (χ1) is 10.1. The third-order valence-corrected chi connectivity index (χ3v) is 3.02. The number of hydrogen-bond acceptors (Lipinski definition) is 4. The summed E-state index contributed by atoms with van der Waals surface area (Å²) in [5, 5.41) is 0. The van der Waals surface area contributed by atoms with E-state index in [1.54, 1.807) is 18.5 Å². The molecule has 0 bridgehead atoms. The van der Waals surface area contributed by atoms with Gasteiger partial charge in [0.1, 0.15) is 5.75 Å². The lowest BCUT2D eigenvalue weighted by atomic mass is 9.97. The number of rotatable bonds is 6. The molecule has 0 saturated carbocycles. The summed E-state index contributed by atoms with van der Waals surface area (Å²) in [7, 11) is 0. The lowest BCUT2D eigenvalue weighted by Crippen LogP contribution is -2.11. The molecule has 0 aliphatic heterocycles. The second-order valence-corrected chi connectivity index (χ2v) is 5.10. The van der Waals surface area contributed by atoms with Crippen LogP contribution in [0.25, 0.3) is 0 Å². The van der Waals surface area contributed by atoms with Crippen LogP contribution in [0.3, 0.4) is 0 Å². The van der Waals surface area contributed by atoms with Crippen molar-refractivity contribution in [1.82, 2.24) is 4.98 Å². The molecule has 2 N–H and O–H groups in total. The van der Waals surface area contributed by atoms with E-state index in [-0.39, 0.29) is 11.9 Å². The molecule has 2 aromatic rings. The molecule has 0 spiro atoms. The fourth-order valence-electron chi connectivity index (χ4n) is 2.15. The monoisotopic (exact) mass is 284 g/mol. The van der Waals surface area contributed by atoms with Crippen molar-refractivity contribution < 1.29 is 9.53 Å². The summed E-state index contributed by atoms with van der Waals surface area (Å²) in [4.78, 5) is 16.7. The minimum Gasteiger partial charge on any atom is -0.489 e. The first-order valence-corrected chi connectivity index (χ1v) is 7.06. The molecule has 0 amide bonds. The number of ether oxygens (including phenoxy) is 1. The smallest absolute Gasteiger partial charge is 0.194 e. The lowest BCUT2D eigenvalue weighted by Gasteiger charge is -2.11. The third-order valence-electron chi connectivity index (χ3n) is 3.02. The van der Waals surface area contributed by atoms with Crippen LogP contribution in [0.15, 0.2) is 42.7 Å². The number of nitrogens with two attached hydrogens (primary N) is 1. The molecule has 0 aliphatic rings. The van der Waals surface area contributed by atoms with Crippen molar-refractivity contribution in [3.05, 3.63) is 59.4 Å². The zero-order valence-electron chi connectivity index (χ0n) is 12.4. The SMILES string of the molecule is CC(C)Oc1cncc(C(=O)c2ccccc2CCN)c1. The summed E-state index contributed by atoms with van der Waals surface area (Å²) in [6.45, 7) is 4.38. The molecular weight excluding hydrogens is 264 g/mol. The van der Waals surface area contributed by atoms with Gasteiger partial charge in [-0.25, -0.2) is 0 Å². The van der Waals surface area contributed by atoms with Gasteiger partial charge in [0, 0.05) is 17.3 Å². The highest BCUT2D eigenvalue weighted by Crippen LogP contribution is 2.18. The fraction of sp³-hybridized carbons (Fsp3) is 0.294. The Labute approximate surface area is 125 Å². The highest BCUT2D eigenvalue weighted by molar-refractivity contribution is 6.09. The van der Waals surface area contributed by atoms with E-state index in [1.807, 2.05) is 38.1 Å². The van der Waals surface area contributed by atoms with Crippen LogP contribution >= 0.6 is 0 Å². The molecule has 21 heavy (non-hydrogen) atoms. The molecule has 0 aliphatic carbocycles. The predicted molar refractivity (Wildman–Crippen MR) is 82.6 cm³/mol. The van der Waals surface area contributed by atoms with Gasteiger partial charge in [-0.2, -0.15) is 0 Å². The topological polar surface area (TPSA) is 65.2 Å². The molecule has 2 rings (SSSR count). The second kappa shape index (κ2) is 6.99. The molecule has 0 radical (unpaired) electrons. The number of nitrogens with zero attached hydrogens (tertiary/aromatic N) is 1. The van der Waals surface area contributed by atoms with Gasteiger partial charge < -0.3 is 10.5 Å². The Morgan fingerprint density at radius 1 is 1.29 bits per heavy atom. The van der Waals surface area contributed by atoms with E-state index in [2.05, 4.69) is 4.98 Å². The molecule has 4 nitrogen and oxygen atoms in total. The van der Waals surface area contributed by atoms with E-state index in [0.717, 1.165) is 5.56 Å². The number of carbonyl (C=O) groups excluding carboxylic acids is 1. The highest BCUT2D eigenvalue weighted by Gasteiger charge is 2.14. The van der Waals surface area contributed by atoms with Crippen molar-refractivity contribution in [1.29, 1.82) is 0 Å². The van der Waals surface area contributed by atoms with E-state index in [0.29, 0.717) is 29.8 Å². The Balaban J connectivity index is 2.32. The first-order valence-electron chi connectivity index (χ1n) is 7.06. The second-order valence-electron chi connectivity index (χ2n) is 5.10. The summed E-state index contributed by atoms with van der Waals surface area (Å²) in [5.74, 6) is 0.549. The van der Waals surface area contributed by atoms with E-state index in [4.69, 9.17) is 10.5 Å². The predicted octanol–water partition coefficient (Wildman–Crippen LogP) is 2.60. The van der Waals surface area contributed by atoms with E-state index >= 15 is 0 Å². The number of aromatic nitrogens is 1. The number of ketones is 1. The lowest BCUT2D eigenvalue weighted by molar-refractivity contribution is 0.103. The summed E-state index contributed by atoms with van der Waals surface area (Å²) in [6.07, 6.45) is 3.90. The Morgan fingerprint density at radius 2 is 2.05 bits per heavy atom. The van der Waals surface area contributed by atoms with Gasteiger partial charge in [-0.05, 0) is 38.4 Å². The zero-order valence-corrected chi connectivity index (χ0v) is 12.4. The average molecular weight is 284 g/mol. The molecule has 0 saturated heterocycles. The van der Waals surface area contributed by atoms with Crippen LogP contribution in [0.5, 0.6) is 5.75 Å². The van der Waals surface area contributed by atoms with Crippen LogP contribution in [0.2, 0.25) is 0 Å². The molecule has 110 valence electrons. The number of benzene rings is 1. The maximum atomic E-state index is 12.6. The standard InChI is InChI=1S/C17H20N2O2/c1-12(2)21-15-9-14(10-19-11-15)17(20)16-6-4-3-5-13(16)7-8-18/h3-6,9-12H,7-8,18H2,1-2H3. The van der Waals surface area contributed by atoms with Crippen molar-refractivity contribution in [2.75, 3.05) is 6.54 Å². The molecular formula is C17H20N2O2. The zero-order chi connectivity index (χ0) is 15.2. The Bertz CT molecular complexity index is 624. The van der Waals surface area contributed by atoms with Crippen LogP contribution in [-0.2, 0) is 6.42 Å². The number of carbonyl (C=O) groups is 1. The van der Waals surface area contributed by atoms with Crippen LogP contribution in [0.4, 0.5) is 0 Å². The molecule has 0 unspecified atom stereocenters. The van der Waals surface area contributed by atoms with Gasteiger partial charge in [0.25, 0.3) is 0 Å². The van der Waals surface area contributed by atoms with Crippen LogP contribution < -0.4 is 10.5 Å². The van der Waals surface area contributed by atoms with Crippen LogP contribution in [0.1, 0.15) is 35.3 Å². The van der Waals surface area contributed by atoms with Gasteiger partial charge in [-0.15, -0.1) is 0 Å². The molecule has 4 heteroatoms. The third kappa shape index (κ3) is 3.89. The Hall–Kier alpha value is -2.20. The van der Waals surface area contributed by atoms with Gasteiger partial charge in [-0.3, -0.25) is 9.78 Å². The molecule has 1 aromatic carbocycles. The Morgan fingerprint density at radius 3 is 2.76 bits per heavy atom. The summed E-state index contributed by atoms with van der Waals surface area (Å²) in [6, 6.07) is 9.26. The first kappa shape index (κ1) is 15.2. The molecule has 0 atom stereocenters. The maximum absolute atomic E-state index is 12.6. The average Bonchev–Trinajstić information content (AvgIpc) is 2.47. The number of pyridine rings is 1. The van der Waals surface area contributed by atoms with Crippen molar-refractivity contribution in [2.45, 2.75) is 26.4 Å². The van der Waals surface area contributed by atoms with Crippen LogP contribution in [0, 0.1) is 0 Å². The minimum atomic E-state index is -0.0549. The van der Waals surface area contributed by atoms with E-state index in [1.165, 1.54) is 0 Å². The summed E-state index contributed by atoms with van der Waals surface area (Å²) >= 11 is 0. The van der Waals surface area contributed by atoms with Crippen molar-refractivity contribution in [2.24, 2.45) is 5.73 Å². The van der Waals surface area contributed by atoms with Crippen molar-refractivity contribution in [3.8, 4) is 5.75 Å². The fourth-order valence-corrected chi connectivity index (χ4v) is 2.15. The molecule has 0 fully saturated rings. The van der Waals surface area contributed by atoms with Crippen LogP contribution in [-0.4, -0.2) is 23.4 Å². The van der Waals surface area contributed by atoms with Gasteiger partial charge in [-0.1, -0.05) is 24.3 Å². The molecule has 1 heterocycles. The largest absolute Gasteiger partial charge is 0.489 e. The van der Waals surface area contributed by atoms with E-state index < -0.39 is 0 Å². The summed E-state index contributed by atoms with van der Waals surface area (Å²) in [5.41, 5.74) is 7.76. The quantitative estimate of drug-likeness (QED) is 0.828. The van der Waals surface area contributed by atoms with Gasteiger partial charge in [0.05, 0.1) is 12.3 Å². The van der Waals surface area contributed by atoms with Crippen molar-refractivity contribution >= 4 is 5.78 Å². The summed E-state index contributed by atoms with van der Waals surface area (Å²) < 4.78 is 5.58. The highest BCUT2D eigenvalue weighted by atomic mass is 16.5. The van der Waals surface area contributed by atoms with Gasteiger partial charge in [0.15, 0.2) is 5.78 Å². The minimum absolute atomic E-state index is 0.0432. The maximum Gasteiger partial charge on any atom is 0.194 e.